The van der Waals surface area contributed by atoms with Crippen LogP contribution in [0, 0.1) is 0 Å². The molecule has 0 fully saturated rings. The Bertz CT molecular complexity index is 420. The molecule has 0 amide bonds. The Kier molecular flexibility index (Phi) is 7.12. The minimum absolute atomic E-state index is 0.0464. The van der Waals surface area contributed by atoms with Crippen molar-refractivity contribution in [1.29, 1.82) is 0 Å². The second-order valence-corrected chi connectivity index (χ2v) is 5.49. The van der Waals surface area contributed by atoms with Crippen LogP contribution >= 0.6 is 0 Å². The van der Waals surface area contributed by atoms with Crippen LogP contribution in [-0.2, 0) is 0 Å². The standard InChI is InChI=1S/C17H31N3O/c1-7-17(5,20(8-2)9-3)16(18-6)14-11-15(21-10-4)13-19-12-14/h11-13,16,18H,7-10H2,1-6H3. The fraction of sp³-hybridized carbons (Fsp3) is 0.706. The average Bonchev–Trinajstić information content (AvgIpc) is 2.50. The molecule has 1 aromatic rings. The molecule has 1 N–H and O–H groups in total. The number of aromatic nitrogens is 1. The van der Waals surface area contributed by atoms with Crippen LogP contribution in [-0.4, -0.2) is 42.2 Å². The van der Waals surface area contributed by atoms with E-state index in [0.717, 1.165) is 25.3 Å². The van der Waals surface area contributed by atoms with E-state index in [9.17, 15) is 0 Å². The summed E-state index contributed by atoms with van der Waals surface area (Å²) >= 11 is 0. The predicted octanol–water partition coefficient (Wildman–Crippen LogP) is 3.25. The summed E-state index contributed by atoms with van der Waals surface area (Å²) in [5.74, 6) is 0.841. The van der Waals surface area contributed by atoms with Crippen LogP contribution in [0.15, 0.2) is 18.5 Å². The maximum Gasteiger partial charge on any atom is 0.137 e. The second kappa shape index (κ2) is 8.35. The largest absolute Gasteiger partial charge is 0.492 e. The van der Waals surface area contributed by atoms with Crippen molar-refractivity contribution in [3.63, 3.8) is 0 Å². The van der Waals surface area contributed by atoms with Gasteiger partial charge in [-0.1, -0.05) is 20.8 Å². The van der Waals surface area contributed by atoms with Crippen molar-refractivity contribution in [3.8, 4) is 5.75 Å². The molecule has 0 aliphatic heterocycles. The predicted molar refractivity (Wildman–Crippen MR) is 88.8 cm³/mol. The maximum absolute atomic E-state index is 5.60. The summed E-state index contributed by atoms with van der Waals surface area (Å²) in [7, 11) is 2.02. The van der Waals surface area contributed by atoms with Gasteiger partial charge in [-0.15, -0.1) is 0 Å². The molecule has 0 radical (unpaired) electrons. The number of ether oxygens (including phenoxy) is 1. The molecule has 2 unspecified atom stereocenters. The summed E-state index contributed by atoms with van der Waals surface area (Å²) in [6, 6.07) is 2.32. The molecule has 1 heterocycles. The third kappa shape index (κ3) is 3.95. The number of pyridine rings is 1. The van der Waals surface area contributed by atoms with Crippen LogP contribution in [0.4, 0.5) is 0 Å². The lowest BCUT2D eigenvalue weighted by molar-refractivity contribution is 0.0726. The SMILES string of the molecule is CCOc1cncc(C(NC)C(C)(CC)N(CC)CC)c1. The van der Waals surface area contributed by atoms with E-state index in [1.807, 2.05) is 20.2 Å². The Hall–Kier alpha value is -1.13. The molecule has 120 valence electrons. The van der Waals surface area contributed by atoms with E-state index in [4.69, 9.17) is 4.74 Å². The summed E-state index contributed by atoms with van der Waals surface area (Å²) in [6.07, 6.45) is 4.79. The number of nitrogens with one attached hydrogen (secondary N) is 1. The van der Waals surface area contributed by atoms with Gasteiger partial charge < -0.3 is 10.1 Å². The first-order valence-electron chi connectivity index (χ1n) is 8.07. The van der Waals surface area contributed by atoms with Crippen molar-refractivity contribution >= 4 is 0 Å². The molecular formula is C17H31N3O. The van der Waals surface area contributed by atoms with Crippen molar-refractivity contribution in [2.45, 2.75) is 52.6 Å². The second-order valence-electron chi connectivity index (χ2n) is 5.49. The van der Waals surface area contributed by atoms with Crippen LogP contribution in [0.1, 0.15) is 52.6 Å². The molecule has 1 aromatic heterocycles. The lowest BCUT2D eigenvalue weighted by Gasteiger charge is -2.45. The van der Waals surface area contributed by atoms with Gasteiger partial charge >= 0.3 is 0 Å². The summed E-state index contributed by atoms with van der Waals surface area (Å²) in [5.41, 5.74) is 1.23. The van der Waals surface area contributed by atoms with Crippen molar-refractivity contribution in [2.75, 3.05) is 26.7 Å². The Morgan fingerprint density at radius 3 is 2.38 bits per heavy atom. The van der Waals surface area contributed by atoms with E-state index < -0.39 is 0 Å². The zero-order valence-corrected chi connectivity index (χ0v) is 14.4. The molecule has 21 heavy (non-hydrogen) atoms. The van der Waals surface area contributed by atoms with E-state index in [0.29, 0.717) is 6.61 Å². The van der Waals surface area contributed by atoms with Crippen molar-refractivity contribution in [3.05, 3.63) is 24.0 Å². The van der Waals surface area contributed by atoms with E-state index in [-0.39, 0.29) is 11.6 Å². The van der Waals surface area contributed by atoms with Crippen LogP contribution in [0.2, 0.25) is 0 Å². The Balaban J connectivity index is 3.17. The first-order valence-corrected chi connectivity index (χ1v) is 8.07. The van der Waals surface area contributed by atoms with Gasteiger partial charge in [0.15, 0.2) is 0 Å². The first-order chi connectivity index (χ1) is 10.1. The lowest BCUT2D eigenvalue weighted by atomic mass is 9.83. The molecule has 0 saturated carbocycles. The number of likely N-dealkylation sites (N-methyl/N-ethyl adjacent to an activating group) is 2. The number of hydrogen-bond acceptors (Lipinski definition) is 4. The monoisotopic (exact) mass is 293 g/mol. The third-order valence-corrected chi connectivity index (χ3v) is 4.49. The van der Waals surface area contributed by atoms with Gasteiger partial charge in [-0.3, -0.25) is 9.88 Å². The van der Waals surface area contributed by atoms with Crippen molar-refractivity contribution in [2.24, 2.45) is 0 Å². The van der Waals surface area contributed by atoms with E-state index in [1.165, 1.54) is 5.56 Å². The summed E-state index contributed by atoms with van der Waals surface area (Å²) in [5, 5.41) is 3.49. The number of nitrogens with zero attached hydrogens (tertiary/aromatic N) is 2. The molecule has 0 aromatic carbocycles. The fourth-order valence-corrected chi connectivity index (χ4v) is 3.23. The molecule has 0 spiro atoms. The topological polar surface area (TPSA) is 37.4 Å². The highest BCUT2D eigenvalue weighted by Gasteiger charge is 2.37. The van der Waals surface area contributed by atoms with Gasteiger partial charge in [-0.2, -0.15) is 0 Å². The van der Waals surface area contributed by atoms with Crippen LogP contribution < -0.4 is 10.1 Å². The van der Waals surface area contributed by atoms with E-state index in [1.54, 1.807) is 6.20 Å². The van der Waals surface area contributed by atoms with Gasteiger partial charge in [0.05, 0.1) is 18.8 Å². The molecule has 0 aliphatic rings. The zero-order valence-electron chi connectivity index (χ0n) is 14.4. The number of rotatable bonds is 9. The first kappa shape index (κ1) is 17.9. The zero-order chi connectivity index (χ0) is 15.9. The molecule has 4 heteroatoms. The van der Waals surface area contributed by atoms with Crippen molar-refractivity contribution < 1.29 is 4.74 Å². The minimum atomic E-state index is 0.0464. The van der Waals surface area contributed by atoms with Gasteiger partial charge in [-0.25, -0.2) is 0 Å². The Morgan fingerprint density at radius 1 is 1.24 bits per heavy atom. The third-order valence-electron chi connectivity index (χ3n) is 4.49. The smallest absolute Gasteiger partial charge is 0.137 e. The summed E-state index contributed by atoms with van der Waals surface area (Å²) < 4.78 is 5.60. The van der Waals surface area contributed by atoms with Gasteiger partial charge in [0.25, 0.3) is 0 Å². The molecule has 0 bridgehead atoms. The highest BCUT2D eigenvalue weighted by molar-refractivity contribution is 5.28. The molecule has 0 saturated heterocycles. The van der Waals surface area contributed by atoms with Gasteiger partial charge in [0.2, 0.25) is 0 Å². The highest BCUT2D eigenvalue weighted by Crippen LogP contribution is 2.34. The molecule has 1 rings (SSSR count). The van der Waals surface area contributed by atoms with Gasteiger partial charge in [0.1, 0.15) is 5.75 Å². The quantitative estimate of drug-likeness (QED) is 0.758. The minimum Gasteiger partial charge on any atom is -0.492 e. The van der Waals surface area contributed by atoms with Gasteiger partial charge in [-0.05, 0) is 52.0 Å². The molecule has 0 aliphatic carbocycles. The van der Waals surface area contributed by atoms with Crippen LogP contribution in [0.5, 0.6) is 5.75 Å². The molecule has 4 nitrogen and oxygen atoms in total. The maximum atomic E-state index is 5.60. The Labute approximate surface area is 129 Å². The summed E-state index contributed by atoms with van der Waals surface area (Å²) in [4.78, 5) is 6.86. The van der Waals surface area contributed by atoms with Gasteiger partial charge in [0, 0.05) is 11.7 Å². The fourth-order valence-electron chi connectivity index (χ4n) is 3.23. The number of hydrogen-bond donors (Lipinski definition) is 1. The van der Waals surface area contributed by atoms with Crippen LogP contribution in [0.25, 0.3) is 0 Å². The molecular weight excluding hydrogens is 262 g/mol. The van der Waals surface area contributed by atoms with Crippen LogP contribution in [0.3, 0.4) is 0 Å². The Morgan fingerprint density at radius 2 is 1.90 bits per heavy atom. The lowest BCUT2D eigenvalue weighted by Crippen LogP contribution is -2.53. The van der Waals surface area contributed by atoms with Crippen molar-refractivity contribution in [1.82, 2.24) is 15.2 Å². The highest BCUT2D eigenvalue weighted by atomic mass is 16.5. The summed E-state index contributed by atoms with van der Waals surface area (Å²) in [6.45, 7) is 13.8. The normalized spacial score (nSPS) is 15.8. The van der Waals surface area contributed by atoms with E-state index in [2.05, 4.69) is 49.0 Å². The molecule has 2 atom stereocenters. The van der Waals surface area contributed by atoms with E-state index >= 15 is 0 Å². The average molecular weight is 293 g/mol.